The van der Waals surface area contributed by atoms with Gasteiger partial charge in [-0.3, -0.25) is 0 Å². The highest BCUT2D eigenvalue weighted by molar-refractivity contribution is 5.49. The van der Waals surface area contributed by atoms with Gasteiger partial charge in [0.2, 0.25) is 0 Å². The van der Waals surface area contributed by atoms with Crippen LogP contribution in [0.3, 0.4) is 0 Å². The number of benzene rings is 1. The summed E-state index contributed by atoms with van der Waals surface area (Å²) in [5, 5.41) is 0. The Balaban J connectivity index is 2.47. The first kappa shape index (κ1) is 11.5. The number of hydrogen-bond donors (Lipinski definition) is 1. The number of ether oxygens (including phenoxy) is 1. The summed E-state index contributed by atoms with van der Waals surface area (Å²) in [5.74, 6) is 1.47. The van der Waals surface area contributed by atoms with Crippen LogP contribution in [-0.2, 0) is 12.8 Å². The summed E-state index contributed by atoms with van der Waals surface area (Å²) >= 11 is 0. The fourth-order valence-electron chi connectivity index (χ4n) is 2.57. The van der Waals surface area contributed by atoms with Crippen molar-refractivity contribution in [1.29, 1.82) is 0 Å². The summed E-state index contributed by atoms with van der Waals surface area (Å²) in [6.07, 6.45) is 4.94. The molecule has 2 heteroatoms. The van der Waals surface area contributed by atoms with E-state index in [1.165, 1.54) is 36.0 Å². The van der Waals surface area contributed by atoms with Gasteiger partial charge in [-0.15, -0.1) is 0 Å². The van der Waals surface area contributed by atoms with Crippen LogP contribution in [0.2, 0.25) is 0 Å². The molecular weight excluding hydrogens is 198 g/mol. The number of hydrogen-bond acceptors (Lipinski definition) is 2. The lowest BCUT2D eigenvalue weighted by Crippen LogP contribution is -2.13. The molecule has 2 rings (SSSR count). The van der Waals surface area contributed by atoms with Crippen LogP contribution in [0.1, 0.15) is 42.4 Å². The number of nitrogens with two attached hydrogens (primary N) is 1. The summed E-state index contributed by atoms with van der Waals surface area (Å²) < 4.78 is 5.61. The van der Waals surface area contributed by atoms with Gasteiger partial charge in [0, 0.05) is 0 Å². The van der Waals surface area contributed by atoms with Crippen LogP contribution >= 0.6 is 0 Å². The molecule has 0 heterocycles. The fraction of sp³-hybridized carbons (Fsp3) is 0.571. The van der Waals surface area contributed by atoms with E-state index in [-0.39, 0.29) is 0 Å². The van der Waals surface area contributed by atoms with E-state index in [1.807, 2.05) is 0 Å². The van der Waals surface area contributed by atoms with E-state index in [2.05, 4.69) is 19.1 Å². The van der Waals surface area contributed by atoms with Gasteiger partial charge in [0.05, 0.1) is 7.11 Å². The van der Waals surface area contributed by atoms with Gasteiger partial charge in [0.25, 0.3) is 0 Å². The van der Waals surface area contributed by atoms with Crippen molar-refractivity contribution in [3.05, 3.63) is 28.8 Å². The van der Waals surface area contributed by atoms with Gasteiger partial charge in [-0.25, -0.2) is 0 Å². The fourth-order valence-corrected chi connectivity index (χ4v) is 2.57. The van der Waals surface area contributed by atoms with Crippen molar-refractivity contribution >= 4 is 0 Å². The predicted molar refractivity (Wildman–Crippen MR) is 67.1 cm³/mol. The molecule has 1 aliphatic rings. The average Bonchev–Trinajstić information content (AvgIpc) is 2.36. The monoisotopic (exact) mass is 219 g/mol. The molecule has 1 aromatic rings. The number of methoxy groups -OCH3 is 1. The van der Waals surface area contributed by atoms with Crippen molar-refractivity contribution in [3.8, 4) is 5.75 Å². The molecule has 2 nitrogen and oxygen atoms in total. The molecule has 0 fully saturated rings. The minimum absolute atomic E-state index is 0.377. The van der Waals surface area contributed by atoms with E-state index in [4.69, 9.17) is 10.5 Å². The zero-order chi connectivity index (χ0) is 11.5. The normalized spacial score (nSPS) is 16.7. The summed E-state index contributed by atoms with van der Waals surface area (Å²) in [7, 11) is 1.77. The van der Waals surface area contributed by atoms with Gasteiger partial charge in [-0.05, 0) is 54.8 Å². The van der Waals surface area contributed by atoms with E-state index in [9.17, 15) is 0 Å². The van der Waals surface area contributed by atoms with E-state index >= 15 is 0 Å². The highest BCUT2D eigenvalue weighted by atomic mass is 16.5. The lowest BCUT2D eigenvalue weighted by Gasteiger charge is -2.23. The van der Waals surface area contributed by atoms with Crippen LogP contribution in [0, 0.1) is 0 Å². The zero-order valence-electron chi connectivity index (χ0n) is 10.3. The summed E-state index contributed by atoms with van der Waals surface area (Å²) in [5.41, 5.74) is 9.91. The Hall–Kier alpha value is -1.02. The standard InChI is InChI=1S/C14H21NO/c1-10(9-15)12-8-7-11-5-3-4-6-13(11)14(12)16-2/h7-8,10H,3-6,9,15H2,1-2H3. The lowest BCUT2D eigenvalue weighted by molar-refractivity contribution is 0.398. The third-order valence-corrected chi connectivity index (χ3v) is 3.60. The molecule has 88 valence electrons. The Labute approximate surface area is 97.8 Å². The minimum Gasteiger partial charge on any atom is -0.496 e. The van der Waals surface area contributed by atoms with Crippen LogP contribution in [0.4, 0.5) is 0 Å². The molecule has 1 aliphatic carbocycles. The molecule has 2 N–H and O–H groups in total. The van der Waals surface area contributed by atoms with Gasteiger partial charge in [-0.2, -0.15) is 0 Å². The molecule has 0 amide bonds. The molecule has 1 unspecified atom stereocenters. The first-order chi connectivity index (χ1) is 7.77. The number of fused-ring (bicyclic) bond motifs is 1. The molecule has 0 spiro atoms. The van der Waals surface area contributed by atoms with Crippen molar-refractivity contribution in [2.75, 3.05) is 13.7 Å². The Kier molecular flexibility index (Phi) is 3.49. The second-order valence-corrected chi connectivity index (χ2v) is 4.67. The summed E-state index contributed by atoms with van der Waals surface area (Å²) in [6.45, 7) is 2.84. The van der Waals surface area contributed by atoms with Crippen molar-refractivity contribution < 1.29 is 4.74 Å². The van der Waals surface area contributed by atoms with E-state index in [1.54, 1.807) is 7.11 Å². The molecule has 1 atom stereocenters. The highest BCUT2D eigenvalue weighted by Gasteiger charge is 2.19. The minimum atomic E-state index is 0.377. The predicted octanol–water partition coefficient (Wildman–Crippen LogP) is 2.64. The van der Waals surface area contributed by atoms with Crippen LogP contribution in [-0.4, -0.2) is 13.7 Å². The van der Waals surface area contributed by atoms with Crippen LogP contribution < -0.4 is 10.5 Å². The second-order valence-electron chi connectivity index (χ2n) is 4.67. The maximum atomic E-state index is 5.75. The summed E-state index contributed by atoms with van der Waals surface area (Å²) in [6, 6.07) is 4.46. The third kappa shape index (κ3) is 1.94. The Morgan fingerprint density at radius 3 is 2.75 bits per heavy atom. The topological polar surface area (TPSA) is 35.2 Å². The molecule has 0 saturated carbocycles. The van der Waals surface area contributed by atoms with Crippen LogP contribution in [0.15, 0.2) is 12.1 Å². The van der Waals surface area contributed by atoms with Crippen molar-refractivity contribution in [2.45, 2.75) is 38.5 Å². The Morgan fingerprint density at radius 1 is 1.31 bits per heavy atom. The molecule has 0 radical (unpaired) electrons. The molecule has 0 aliphatic heterocycles. The maximum absolute atomic E-state index is 5.75. The quantitative estimate of drug-likeness (QED) is 0.848. The van der Waals surface area contributed by atoms with Gasteiger partial charge in [-0.1, -0.05) is 19.1 Å². The van der Waals surface area contributed by atoms with Gasteiger partial charge >= 0.3 is 0 Å². The lowest BCUT2D eigenvalue weighted by atomic mass is 9.86. The van der Waals surface area contributed by atoms with E-state index in [0.29, 0.717) is 12.5 Å². The smallest absolute Gasteiger partial charge is 0.125 e. The molecule has 0 saturated heterocycles. The maximum Gasteiger partial charge on any atom is 0.125 e. The third-order valence-electron chi connectivity index (χ3n) is 3.60. The summed E-state index contributed by atoms with van der Waals surface area (Å²) in [4.78, 5) is 0. The zero-order valence-corrected chi connectivity index (χ0v) is 10.3. The van der Waals surface area contributed by atoms with Crippen LogP contribution in [0.5, 0.6) is 5.75 Å². The largest absolute Gasteiger partial charge is 0.496 e. The molecule has 0 bridgehead atoms. The number of rotatable bonds is 3. The molecular formula is C14H21NO. The van der Waals surface area contributed by atoms with Gasteiger partial charge in [0.15, 0.2) is 0 Å². The van der Waals surface area contributed by atoms with Gasteiger partial charge in [0.1, 0.15) is 5.75 Å². The van der Waals surface area contributed by atoms with Crippen molar-refractivity contribution in [1.82, 2.24) is 0 Å². The number of aryl methyl sites for hydroxylation is 1. The molecule has 1 aromatic carbocycles. The van der Waals surface area contributed by atoms with Gasteiger partial charge < -0.3 is 10.5 Å². The highest BCUT2D eigenvalue weighted by Crippen LogP contribution is 2.35. The van der Waals surface area contributed by atoms with Crippen LogP contribution in [0.25, 0.3) is 0 Å². The van der Waals surface area contributed by atoms with E-state index in [0.717, 1.165) is 12.2 Å². The van der Waals surface area contributed by atoms with E-state index < -0.39 is 0 Å². The second kappa shape index (κ2) is 4.88. The first-order valence-corrected chi connectivity index (χ1v) is 6.16. The van der Waals surface area contributed by atoms with Crippen molar-refractivity contribution in [2.24, 2.45) is 5.73 Å². The van der Waals surface area contributed by atoms with Crippen molar-refractivity contribution in [3.63, 3.8) is 0 Å². The molecule has 0 aromatic heterocycles. The SMILES string of the molecule is COc1c(C(C)CN)ccc2c1CCCC2. The Morgan fingerprint density at radius 2 is 2.06 bits per heavy atom. The Bertz CT molecular complexity index is 373. The first-order valence-electron chi connectivity index (χ1n) is 6.16. The average molecular weight is 219 g/mol. The molecule has 16 heavy (non-hydrogen) atoms.